The van der Waals surface area contributed by atoms with Crippen molar-refractivity contribution in [3.05, 3.63) is 398 Å². The van der Waals surface area contributed by atoms with E-state index in [4.69, 9.17) is 32.8 Å². The fourth-order valence-corrected chi connectivity index (χ4v) is 26.5. The first-order chi connectivity index (χ1) is 69.5. The van der Waals surface area contributed by atoms with Crippen molar-refractivity contribution in [2.45, 2.75) is 164 Å². The van der Waals surface area contributed by atoms with Crippen LogP contribution in [0, 0.1) is 43.3 Å². The monoisotopic (exact) mass is 2600 g/mol. The average Bonchev–Trinajstić information content (AvgIpc) is 1.65. The van der Waals surface area contributed by atoms with Crippen LogP contribution < -0.4 is 13.2 Å². The van der Waals surface area contributed by atoms with Crippen molar-refractivity contribution < 1.29 is 83.2 Å². The Morgan fingerprint density at radius 1 is 0.294 bits per heavy atom. The van der Waals surface area contributed by atoms with Gasteiger partial charge < -0.3 is 28.2 Å². The van der Waals surface area contributed by atoms with Crippen molar-refractivity contribution >= 4 is 119 Å². The van der Waals surface area contributed by atoms with E-state index in [1.807, 2.05) is 293 Å². The third kappa shape index (κ3) is 26.7. The number of fused-ring (bicyclic) bond motifs is 9. The third-order valence-corrected chi connectivity index (χ3v) is 37.0. The van der Waals surface area contributed by atoms with Crippen molar-refractivity contribution in [2.75, 3.05) is 0 Å². The van der Waals surface area contributed by atoms with Crippen LogP contribution in [0.15, 0.2) is 342 Å². The van der Waals surface area contributed by atoms with E-state index in [-0.39, 0.29) is 71.3 Å². The molecule has 12 heterocycles. The molecular formula is C125H121Ge3Ir3N9O3-6. The van der Waals surface area contributed by atoms with Crippen LogP contribution in [0.3, 0.4) is 0 Å². The smallest absolute Gasteiger partial charge is 0.216 e. The Hall–Kier alpha value is -11.7. The van der Waals surface area contributed by atoms with Gasteiger partial charge in [-0.3, -0.25) is 0 Å². The maximum atomic E-state index is 8.44. The molecule has 21 rings (SSSR count). The van der Waals surface area contributed by atoms with Gasteiger partial charge in [-0.05, 0) is 95.4 Å². The Labute approximate surface area is 902 Å². The van der Waals surface area contributed by atoms with Crippen molar-refractivity contribution in [1.82, 2.24) is 44.9 Å². The molecule has 3 radical (unpaired) electrons. The number of pyridine rings is 9. The summed E-state index contributed by atoms with van der Waals surface area (Å²) in [6.45, 7) is 19.9. The van der Waals surface area contributed by atoms with Crippen molar-refractivity contribution in [3.8, 4) is 101 Å². The molecule has 0 aliphatic rings. The zero-order chi connectivity index (χ0) is 105. The number of aryl methyl sites for hydroxylation is 1. The molecule has 9 aromatic carbocycles. The first-order valence-electron chi connectivity index (χ1n) is 50.8. The quantitative estimate of drug-likeness (QED) is 0.0668. The van der Waals surface area contributed by atoms with Gasteiger partial charge in [-0.2, -0.15) is 0 Å². The fraction of sp³-hybridized carbons (Fsp3) is 0.208. The Balaban J connectivity index is 0.000000151. The number of benzene rings is 9. The predicted octanol–water partition coefficient (Wildman–Crippen LogP) is 31.9. The maximum Gasteiger partial charge on any atom is 0.216 e. The number of rotatable bonds is 16. The van der Waals surface area contributed by atoms with E-state index in [0.29, 0.717) is 34.0 Å². The Morgan fingerprint density at radius 2 is 0.601 bits per heavy atom. The van der Waals surface area contributed by atoms with Crippen LogP contribution in [0.25, 0.3) is 168 Å². The largest absolute Gasteiger partial charge is 0.486 e. The van der Waals surface area contributed by atoms with E-state index < -0.39 is 70.2 Å². The molecule has 12 aromatic heterocycles. The fourth-order valence-electron chi connectivity index (χ4n) is 16.6. The van der Waals surface area contributed by atoms with Crippen LogP contribution in [0.2, 0.25) is 51.8 Å². The van der Waals surface area contributed by atoms with Crippen LogP contribution in [-0.4, -0.2) is 84.7 Å². The molecule has 143 heavy (non-hydrogen) atoms. The number of aromatic nitrogens is 9. The molecule has 0 saturated heterocycles. The molecule has 0 amide bonds. The summed E-state index contributed by atoms with van der Waals surface area (Å²) in [6.07, 6.45) is 11.1. The van der Waals surface area contributed by atoms with E-state index in [0.717, 1.165) is 156 Å². The molecular weight excluding hydrogens is 2470 g/mol. The summed E-state index contributed by atoms with van der Waals surface area (Å²) < 4.78 is 78.4. The molecule has 0 bridgehead atoms. The Kier molecular flexibility index (Phi) is 33.0. The van der Waals surface area contributed by atoms with Crippen molar-refractivity contribution in [2.24, 2.45) is 0 Å². The molecule has 0 N–H and O–H groups in total. The standard InChI is InChI=1S/C26H21N2O.C25H19N2O.C23H15N2O.3C17H22GeN.3Ir/c1-26(2,3)19-13-14-27-23(16-19)18-9-12-24-21(15-18)20-10-11-22(28-25(20)29-24)17-7-5-4-6-8-17;1-16(2)18-12-13-26-23(15-18)19-8-11-24-21(14-19)20-9-10-22(27-25(20)28-24)17-6-4-3-5-7-17;1-15-11-12-24-21(13-15)17-7-10-22-19(14-17)18-8-9-20(25-23(18)26-22)16-5-3-2-4-6-16;3*1-13(2)15-11-17(14-9-7-6-8-10-14)19-12-16(15)18(3,4)5;;;/h4-8,10-16H,1-3H3;3-7,9-16H,1-2H3;2-6,8-14H,1H3;3*6-9,11-13H,1-5H3;;;/q6*-1;;;/i;16D;1D3;3*13D;;;. The van der Waals surface area contributed by atoms with Crippen LogP contribution in [-0.2, 0) is 65.7 Å². The maximum absolute atomic E-state index is 8.44. The summed E-state index contributed by atoms with van der Waals surface area (Å²) in [5, 5.41) is 5.76. The molecule has 0 saturated carbocycles. The molecule has 12 nitrogen and oxygen atoms in total. The molecule has 0 fully saturated rings. The summed E-state index contributed by atoms with van der Waals surface area (Å²) in [6, 6.07) is 114. The van der Waals surface area contributed by atoms with Gasteiger partial charge in [-0.25, -0.2) is 15.0 Å². The second-order valence-corrected chi connectivity index (χ2v) is 71.6. The number of hydrogen-bond acceptors (Lipinski definition) is 12. The minimum atomic E-state index is -2.18. The van der Waals surface area contributed by atoms with Gasteiger partial charge in [-0.1, -0.05) is 171 Å². The molecule has 21 aromatic rings. The molecule has 0 aliphatic heterocycles. The normalized spacial score (nSPS) is 12.6. The summed E-state index contributed by atoms with van der Waals surface area (Å²) in [4.78, 5) is 41.4. The zero-order valence-corrected chi connectivity index (χ0v) is 97.9. The van der Waals surface area contributed by atoms with Gasteiger partial charge in [0.2, 0.25) is 17.1 Å². The Morgan fingerprint density at radius 3 is 0.902 bits per heavy atom. The number of furan rings is 3. The SMILES string of the molecule is CC(C)(C)c1ccnc(-c2[c-]cc3oc4nc(-c5ccccc5)ccc4c3c2)c1.[2H]C(C)(C)c1cc(-c2[c-]cccc2)nc[c]1[Ge]([CH3])([CH3])[CH3].[2H]C(C)(C)c1cc(-c2[c-]cccc2)nc[c]1[Ge]([CH3])([CH3])[CH3].[2H]C(C)(C)c1cc(-c2[c-]cccc2)nc[c]1[Ge]([CH3])([CH3])[CH3].[2H]C(C)(C)c1ccnc(-c2[c-]cc3oc4nc(-c5ccccc5)ccc4c3c2)c1.[2H]C([2H])([2H])c1ccnc(-c2[c-]cc3oc4nc(-c5ccccc5)ccc4c3c2)c1.[Ir].[Ir].[Ir]. The second kappa shape index (κ2) is 47.9. The number of hydrogen-bond donors (Lipinski definition) is 0. The van der Waals surface area contributed by atoms with Gasteiger partial charge in [0.15, 0.2) is 0 Å². The van der Waals surface area contributed by atoms with Crippen LogP contribution in [0.5, 0.6) is 0 Å². The minimum absolute atomic E-state index is 0. The van der Waals surface area contributed by atoms with Gasteiger partial charge in [-0.15, -0.1) is 71.3 Å². The average molecular weight is 2600 g/mol. The molecule has 0 unspecified atom stereocenters. The molecule has 0 atom stereocenters. The number of nitrogens with zero attached hydrogens (tertiary/aromatic N) is 9. The first-order valence-corrected chi connectivity index (χ1v) is 69.3. The van der Waals surface area contributed by atoms with Gasteiger partial charge in [0.05, 0.1) is 33.8 Å². The molecule has 0 spiro atoms. The van der Waals surface area contributed by atoms with Gasteiger partial charge in [0.25, 0.3) is 0 Å². The third-order valence-electron chi connectivity index (χ3n) is 24.3. The molecule has 729 valence electrons. The molecule has 0 aliphatic carbocycles. The first kappa shape index (κ1) is 98.7. The summed E-state index contributed by atoms with van der Waals surface area (Å²) >= 11 is -6.08. The van der Waals surface area contributed by atoms with Gasteiger partial charge in [0, 0.05) is 117 Å². The van der Waals surface area contributed by atoms with E-state index in [1.165, 1.54) is 31.0 Å². The van der Waals surface area contributed by atoms with E-state index in [2.05, 4.69) is 205 Å². The van der Waals surface area contributed by atoms with Crippen LogP contribution >= 0.6 is 0 Å². The van der Waals surface area contributed by atoms with E-state index in [9.17, 15) is 0 Å². The second-order valence-electron chi connectivity index (χ2n) is 39.9. The van der Waals surface area contributed by atoms with Crippen LogP contribution in [0.4, 0.5) is 0 Å². The van der Waals surface area contributed by atoms with Crippen molar-refractivity contribution in [3.63, 3.8) is 0 Å². The Bertz CT molecular complexity index is 7480. The summed E-state index contributed by atoms with van der Waals surface area (Å²) in [5.74, 6) is 18.7. The topological polar surface area (TPSA) is 155 Å². The summed E-state index contributed by atoms with van der Waals surface area (Å²) in [5.41, 5.74) is 26.2. The minimum Gasteiger partial charge on any atom is -0.486 e. The summed E-state index contributed by atoms with van der Waals surface area (Å²) in [7, 11) is 0. The zero-order valence-electron chi connectivity index (χ0n) is 91.4. The molecule has 18 heteroatoms. The van der Waals surface area contributed by atoms with Gasteiger partial charge >= 0.3 is 361 Å². The van der Waals surface area contributed by atoms with Crippen LogP contribution in [0.1, 0.15) is 143 Å². The van der Waals surface area contributed by atoms with E-state index >= 15 is 0 Å². The van der Waals surface area contributed by atoms with Gasteiger partial charge in [0.1, 0.15) is 0 Å². The van der Waals surface area contributed by atoms with E-state index in [1.54, 1.807) is 18.3 Å². The van der Waals surface area contributed by atoms with Crippen molar-refractivity contribution in [1.29, 1.82) is 0 Å². The predicted molar refractivity (Wildman–Crippen MR) is 591 cm³/mol.